The number of methoxy groups -OCH3 is 1. The number of piperidine rings is 1. The molecule has 156 valence electrons. The van der Waals surface area contributed by atoms with Gasteiger partial charge in [-0.3, -0.25) is 9.69 Å². The normalized spacial score (nSPS) is 15.6. The molecule has 1 atom stereocenters. The number of hydrogen-bond acceptors (Lipinski definition) is 5. The van der Waals surface area contributed by atoms with Crippen molar-refractivity contribution in [1.29, 1.82) is 0 Å². The number of nitrogens with zero attached hydrogens (tertiary/aromatic N) is 1. The van der Waals surface area contributed by atoms with Gasteiger partial charge in [0.25, 0.3) is 5.91 Å². The largest absolute Gasteiger partial charge is 0.497 e. The summed E-state index contributed by atoms with van der Waals surface area (Å²) in [4.78, 5) is 27.5. The Morgan fingerprint density at radius 1 is 1.10 bits per heavy atom. The van der Waals surface area contributed by atoms with Crippen molar-refractivity contribution in [1.82, 2.24) is 10.2 Å². The summed E-state index contributed by atoms with van der Waals surface area (Å²) < 4.78 is 10.6. The van der Waals surface area contributed by atoms with E-state index in [4.69, 9.17) is 9.15 Å². The lowest BCUT2D eigenvalue weighted by Gasteiger charge is -2.35. The molecule has 0 bridgehead atoms. The molecule has 0 aliphatic carbocycles. The highest BCUT2D eigenvalue weighted by Gasteiger charge is 2.24. The van der Waals surface area contributed by atoms with E-state index in [-0.39, 0.29) is 11.6 Å². The van der Waals surface area contributed by atoms with Gasteiger partial charge < -0.3 is 14.5 Å². The van der Waals surface area contributed by atoms with E-state index in [9.17, 15) is 9.59 Å². The molecule has 1 N–H and O–H groups in total. The summed E-state index contributed by atoms with van der Waals surface area (Å²) in [6.45, 7) is 2.40. The Balaban J connectivity index is 1.54. The van der Waals surface area contributed by atoms with Gasteiger partial charge in [-0.15, -0.1) is 0 Å². The van der Waals surface area contributed by atoms with Crippen LogP contribution in [0.2, 0.25) is 0 Å². The monoisotopic (exact) mass is 406 g/mol. The molecule has 30 heavy (non-hydrogen) atoms. The van der Waals surface area contributed by atoms with E-state index < -0.39 is 11.5 Å². The number of hydrogen-bond donors (Lipinski definition) is 1. The van der Waals surface area contributed by atoms with Crippen LogP contribution in [0.1, 0.15) is 41.2 Å². The number of rotatable bonds is 6. The fourth-order valence-corrected chi connectivity index (χ4v) is 4.02. The zero-order chi connectivity index (χ0) is 20.9. The molecule has 4 rings (SSSR count). The molecule has 1 aliphatic heterocycles. The molecule has 1 fully saturated rings. The van der Waals surface area contributed by atoms with Crippen LogP contribution in [0.3, 0.4) is 0 Å². The third-order valence-corrected chi connectivity index (χ3v) is 5.67. The second-order valence-electron chi connectivity index (χ2n) is 7.58. The molecule has 3 aromatic rings. The van der Waals surface area contributed by atoms with Crippen LogP contribution in [0.15, 0.2) is 63.8 Å². The van der Waals surface area contributed by atoms with Gasteiger partial charge in [0.05, 0.1) is 13.2 Å². The Hall–Kier alpha value is -3.12. The maximum Gasteiger partial charge on any atom is 0.349 e. The molecule has 1 amide bonds. The van der Waals surface area contributed by atoms with Gasteiger partial charge in [-0.2, -0.15) is 0 Å². The third-order valence-electron chi connectivity index (χ3n) is 5.67. The molecule has 0 unspecified atom stereocenters. The summed E-state index contributed by atoms with van der Waals surface area (Å²) in [5.74, 6) is 0.388. The van der Waals surface area contributed by atoms with Crippen molar-refractivity contribution in [3.8, 4) is 5.75 Å². The summed E-state index contributed by atoms with van der Waals surface area (Å²) in [5.41, 5.74) is 0.998. The average Bonchev–Trinajstić information content (AvgIpc) is 2.79. The molecule has 2 aromatic carbocycles. The molecule has 1 aliphatic rings. The highest BCUT2D eigenvalue weighted by atomic mass is 16.5. The van der Waals surface area contributed by atoms with Gasteiger partial charge in [0.15, 0.2) is 0 Å². The summed E-state index contributed by atoms with van der Waals surface area (Å²) in [6.07, 6.45) is 3.53. The Kier molecular flexibility index (Phi) is 6.14. The number of likely N-dealkylation sites (tertiary alicyclic amines) is 1. The Morgan fingerprint density at radius 2 is 1.83 bits per heavy atom. The Bertz CT molecular complexity index is 1070. The lowest BCUT2D eigenvalue weighted by atomic mass is 10.0. The van der Waals surface area contributed by atoms with E-state index in [1.165, 1.54) is 6.42 Å². The van der Waals surface area contributed by atoms with Gasteiger partial charge in [0.1, 0.15) is 16.9 Å². The predicted molar refractivity (Wildman–Crippen MR) is 116 cm³/mol. The van der Waals surface area contributed by atoms with Gasteiger partial charge >= 0.3 is 5.63 Å². The molecule has 0 spiro atoms. The number of carbonyl (C=O) groups excluding carboxylic acids is 1. The summed E-state index contributed by atoms with van der Waals surface area (Å²) in [6, 6.07) is 16.8. The SMILES string of the molecule is COc1ccc([C@H](CNC(=O)c2cc3ccccc3oc2=O)N2CCCCC2)cc1. The van der Waals surface area contributed by atoms with Gasteiger partial charge in [-0.1, -0.05) is 36.8 Å². The zero-order valence-electron chi connectivity index (χ0n) is 17.1. The first-order valence-corrected chi connectivity index (χ1v) is 10.3. The predicted octanol–water partition coefficient (Wildman–Crippen LogP) is 3.76. The van der Waals surface area contributed by atoms with Crippen LogP contribution in [0, 0.1) is 0 Å². The molecule has 0 radical (unpaired) electrons. The molecule has 0 saturated carbocycles. The van der Waals surface area contributed by atoms with Gasteiger partial charge in [0.2, 0.25) is 0 Å². The summed E-state index contributed by atoms with van der Waals surface area (Å²) >= 11 is 0. The first-order chi connectivity index (χ1) is 14.7. The maximum atomic E-state index is 12.8. The van der Waals surface area contributed by atoms with Crippen LogP contribution >= 0.6 is 0 Å². The quantitative estimate of drug-likeness (QED) is 0.631. The minimum absolute atomic E-state index is 0.0285. The number of para-hydroxylation sites is 1. The minimum Gasteiger partial charge on any atom is -0.497 e. The highest BCUT2D eigenvalue weighted by molar-refractivity contribution is 5.96. The number of nitrogens with one attached hydrogen (secondary N) is 1. The average molecular weight is 406 g/mol. The number of amides is 1. The maximum absolute atomic E-state index is 12.8. The van der Waals surface area contributed by atoms with E-state index >= 15 is 0 Å². The van der Waals surface area contributed by atoms with E-state index in [0.29, 0.717) is 12.1 Å². The minimum atomic E-state index is -0.620. The van der Waals surface area contributed by atoms with Crippen molar-refractivity contribution >= 4 is 16.9 Å². The molecule has 2 heterocycles. The van der Waals surface area contributed by atoms with Crippen molar-refractivity contribution in [3.05, 3.63) is 76.1 Å². The van der Waals surface area contributed by atoms with Gasteiger partial charge in [-0.25, -0.2) is 4.79 Å². The van der Waals surface area contributed by atoms with Gasteiger partial charge in [-0.05, 0) is 55.8 Å². The molecule has 1 saturated heterocycles. The molecular formula is C24H26N2O4. The molecule has 6 heteroatoms. The van der Waals surface area contributed by atoms with Crippen LogP contribution in [0.4, 0.5) is 0 Å². The first kappa shape index (κ1) is 20.2. The van der Waals surface area contributed by atoms with Crippen molar-refractivity contribution in [2.45, 2.75) is 25.3 Å². The van der Waals surface area contributed by atoms with Crippen molar-refractivity contribution in [2.75, 3.05) is 26.7 Å². The number of ether oxygens (including phenoxy) is 1. The second-order valence-corrected chi connectivity index (χ2v) is 7.58. The molecule has 6 nitrogen and oxygen atoms in total. The Labute approximate surface area is 175 Å². The van der Waals surface area contributed by atoms with Crippen LogP contribution < -0.4 is 15.7 Å². The van der Waals surface area contributed by atoms with E-state index in [1.807, 2.05) is 36.4 Å². The highest BCUT2D eigenvalue weighted by Crippen LogP contribution is 2.26. The number of carbonyl (C=O) groups is 1. The second kappa shape index (κ2) is 9.13. The molecular weight excluding hydrogens is 380 g/mol. The van der Waals surface area contributed by atoms with E-state index in [1.54, 1.807) is 25.3 Å². The first-order valence-electron chi connectivity index (χ1n) is 10.3. The van der Waals surface area contributed by atoms with Crippen LogP contribution in [-0.4, -0.2) is 37.6 Å². The van der Waals surface area contributed by atoms with Crippen LogP contribution in [-0.2, 0) is 0 Å². The smallest absolute Gasteiger partial charge is 0.349 e. The van der Waals surface area contributed by atoms with Crippen molar-refractivity contribution in [2.24, 2.45) is 0 Å². The lowest BCUT2D eigenvalue weighted by Crippen LogP contribution is -2.41. The van der Waals surface area contributed by atoms with Crippen LogP contribution in [0.25, 0.3) is 11.0 Å². The van der Waals surface area contributed by atoms with Crippen molar-refractivity contribution in [3.63, 3.8) is 0 Å². The fraction of sp³-hybridized carbons (Fsp3) is 0.333. The topological polar surface area (TPSA) is 71.8 Å². The van der Waals surface area contributed by atoms with Crippen LogP contribution in [0.5, 0.6) is 5.75 Å². The Morgan fingerprint density at radius 3 is 2.57 bits per heavy atom. The van der Waals surface area contributed by atoms with E-state index in [0.717, 1.165) is 42.6 Å². The fourth-order valence-electron chi connectivity index (χ4n) is 4.02. The lowest BCUT2D eigenvalue weighted by molar-refractivity contribution is 0.0921. The molecule has 1 aromatic heterocycles. The number of fused-ring (bicyclic) bond motifs is 1. The third kappa shape index (κ3) is 4.39. The number of benzene rings is 2. The standard InChI is InChI=1S/C24H26N2O4/c1-29-19-11-9-17(10-12-19)21(26-13-5-2-6-14-26)16-25-23(27)20-15-18-7-3-4-8-22(18)30-24(20)28/h3-4,7-12,15,21H,2,5-6,13-14,16H2,1H3,(H,25,27)/t21-/m0/s1. The zero-order valence-corrected chi connectivity index (χ0v) is 17.1. The van der Waals surface area contributed by atoms with Crippen molar-refractivity contribution < 1.29 is 13.9 Å². The van der Waals surface area contributed by atoms with E-state index in [2.05, 4.69) is 10.2 Å². The summed E-state index contributed by atoms with van der Waals surface area (Å²) in [5, 5.41) is 3.68. The summed E-state index contributed by atoms with van der Waals surface area (Å²) in [7, 11) is 1.65. The van der Waals surface area contributed by atoms with Gasteiger partial charge in [0, 0.05) is 11.9 Å².